The highest BCUT2D eigenvalue weighted by Gasteiger charge is 2.04. The zero-order chi connectivity index (χ0) is 22.9. The number of carbonyl (C=O) groups excluding carboxylic acids is 1. The summed E-state index contributed by atoms with van der Waals surface area (Å²) in [5.74, 6) is -0.0751. The van der Waals surface area contributed by atoms with Crippen LogP contribution in [0, 0.1) is 27.7 Å². The molecule has 1 amide bonds. The first-order valence-electron chi connectivity index (χ1n) is 10.7. The Kier molecular flexibility index (Phi) is 7.82. The Bertz CT molecular complexity index is 1080. The second-order valence-electron chi connectivity index (χ2n) is 8.04. The second-order valence-corrected chi connectivity index (χ2v) is 8.04. The van der Waals surface area contributed by atoms with Crippen LogP contribution in [0.4, 0.5) is 17.1 Å². The lowest BCUT2D eigenvalue weighted by Crippen LogP contribution is -2.11. The van der Waals surface area contributed by atoms with Gasteiger partial charge in [-0.15, -0.1) is 0 Å². The first-order chi connectivity index (χ1) is 15.4. The van der Waals surface area contributed by atoms with E-state index in [1.807, 2.05) is 62.4 Å². The van der Waals surface area contributed by atoms with Gasteiger partial charge in [0, 0.05) is 22.6 Å². The molecule has 0 unspecified atom stereocenters. The van der Waals surface area contributed by atoms with E-state index in [0.29, 0.717) is 5.56 Å². The summed E-state index contributed by atoms with van der Waals surface area (Å²) in [7, 11) is 0. The third-order valence-corrected chi connectivity index (χ3v) is 5.01. The standard InChI is InChI=1S/C15H15NO.C14H15N/c1-11-3-7-13(8-4-11)15(17)16-14-9-5-12(2)6-10-14;1-11-3-7-13(8-4-11)15-14-9-5-12(2)6-10-14/h3-10H,1-2H3,(H,16,17);3-10,15H,1-2H3. The Labute approximate surface area is 191 Å². The zero-order valence-electron chi connectivity index (χ0n) is 19.1. The van der Waals surface area contributed by atoms with Gasteiger partial charge in [-0.3, -0.25) is 4.79 Å². The van der Waals surface area contributed by atoms with Crippen LogP contribution in [0.1, 0.15) is 32.6 Å². The summed E-state index contributed by atoms with van der Waals surface area (Å²) in [6.07, 6.45) is 0. The van der Waals surface area contributed by atoms with Crippen molar-refractivity contribution in [1.82, 2.24) is 0 Å². The van der Waals surface area contributed by atoms with Gasteiger partial charge in [-0.1, -0.05) is 70.8 Å². The maximum atomic E-state index is 11.9. The number of hydrogen-bond acceptors (Lipinski definition) is 2. The molecule has 0 spiro atoms. The molecule has 0 radical (unpaired) electrons. The van der Waals surface area contributed by atoms with Crippen LogP contribution < -0.4 is 10.6 Å². The fraction of sp³-hybridized carbons (Fsp3) is 0.138. The van der Waals surface area contributed by atoms with Crippen molar-refractivity contribution >= 4 is 23.0 Å². The number of nitrogens with one attached hydrogen (secondary N) is 2. The van der Waals surface area contributed by atoms with Crippen LogP contribution in [0.3, 0.4) is 0 Å². The van der Waals surface area contributed by atoms with E-state index in [2.05, 4.69) is 73.0 Å². The van der Waals surface area contributed by atoms with E-state index in [1.165, 1.54) is 16.7 Å². The predicted molar refractivity (Wildman–Crippen MR) is 136 cm³/mol. The summed E-state index contributed by atoms with van der Waals surface area (Å²) in [6.45, 7) is 8.21. The molecule has 4 aromatic rings. The smallest absolute Gasteiger partial charge is 0.255 e. The van der Waals surface area contributed by atoms with Crippen LogP contribution in [0.5, 0.6) is 0 Å². The number of rotatable bonds is 4. The van der Waals surface area contributed by atoms with Crippen molar-refractivity contribution in [3.63, 3.8) is 0 Å². The summed E-state index contributed by atoms with van der Waals surface area (Å²) >= 11 is 0. The Morgan fingerprint density at radius 2 is 0.781 bits per heavy atom. The molecular weight excluding hydrogens is 392 g/mol. The van der Waals surface area contributed by atoms with Gasteiger partial charge in [0.15, 0.2) is 0 Å². The highest BCUT2D eigenvalue weighted by molar-refractivity contribution is 6.04. The van der Waals surface area contributed by atoms with Gasteiger partial charge in [-0.05, 0) is 76.2 Å². The van der Waals surface area contributed by atoms with Gasteiger partial charge in [0.25, 0.3) is 5.91 Å². The molecule has 0 bridgehead atoms. The van der Waals surface area contributed by atoms with Gasteiger partial charge in [-0.25, -0.2) is 0 Å². The van der Waals surface area contributed by atoms with E-state index in [-0.39, 0.29) is 5.91 Å². The number of hydrogen-bond donors (Lipinski definition) is 2. The molecule has 0 fully saturated rings. The van der Waals surface area contributed by atoms with Gasteiger partial charge in [-0.2, -0.15) is 0 Å². The highest BCUT2D eigenvalue weighted by atomic mass is 16.1. The van der Waals surface area contributed by atoms with Crippen molar-refractivity contribution in [3.05, 3.63) is 125 Å². The lowest BCUT2D eigenvalue weighted by molar-refractivity contribution is 0.102. The van der Waals surface area contributed by atoms with Crippen LogP contribution in [-0.2, 0) is 0 Å². The third kappa shape index (κ3) is 7.13. The minimum atomic E-state index is -0.0751. The van der Waals surface area contributed by atoms with Gasteiger partial charge in [0.05, 0.1) is 0 Å². The Balaban J connectivity index is 0.000000182. The predicted octanol–water partition coefficient (Wildman–Crippen LogP) is 7.60. The molecule has 4 aromatic carbocycles. The van der Waals surface area contributed by atoms with Crippen molar-refractivity contribution < 1.29 is 4.79 Å². The molecule has 2 N–H and O–H groups in total. The molecule has 0 aliphatic rings. The van der Waals surface area contributed by atoms with Crippen molar-refractivity contribution in [3.8, 4) is 0 Å². The number of aryl methyl sites for hydroxylation is 4. The fourth-order valence-corrected chi connectivity index (χ4v) is 2.99. The van der Waals surface area contributed by atoms with Crippen molar-refractivity contribution in [2.45, 2.75) is 27.7 Å². The second kappa shape index (κ2) is 11.0. The van der Waals surface area contributed by atoms with Crippen molar-refractivity contribution in [1.29, 1.82) is 0 Å². The Hall–Kier alpha value is -3.85. The fourth-order valence-electron chi connectivity index (χ4n) is 2.99. The summed E-state index contributed by atoms with van der Waals surface area (Å²) < 4.78 is 0. The first-order valence-corrected chi connectivity index (χ1v) is 10.7. The summed E-state index contributed by atoms with van der Waals surface area (Å²) in [6, 6.07) is 32.1. The molecule has 4 rings (SSSR count). The average molecular weight is 423 g/mol. The molecule has 0 saturated carbocycles. The van der Waals surface area contributed by atoms with Gasteiger partial charge >= 0.3 is 0 Å². The molecule has 3 heteroatoms. The number of amides is 1. The largest absolute Gasteiger partial charge is 0.356 e. The summed E-state index contributed by atoms with van der Waals surface area (Å²) in [5.41, 5.74) is 8.65. The van der Waals surface area contributed by atoms with Crippen LogP contribution >= 0.6 is 0 Å². The van der Waals surface area contributed by atoms with Gasteiger partial charge in [0.2, 0.25) is 0 Å². The number of benzene rings is 4. The topological polar surface area (TPSA) is 41.1 Å². The van der Waals surface area contributed by atoms with Gasteiger partial charge < -0.3 is 10.6 Å². The van der Waals surface area contributed by atoms with E-state index in [4.69, 9.17) is 0 Å². The van der Waals surface area contributed by atoms with E-state index in [9.17, 15) is 4.79 Å². The Morgan fingerprint density at radius 1 is 0.469 bits per heavy atom. The molecular formula is C29H30N2O. The van der Waals surface area contributed by atoms with Crippen molar-refractivity contribution in [2.75, 3.05) is 10.6 Å². The molecule has 162 valence electrons. The SMILES string of the molecule is Cc1ccc(NC(=O)c2ccc(C)cc2)cc1.Cc1ccc(Nc2ccc(C)cc2)cc1. The van der Waals surface area contributed by atoms with Gasteiger partial charge in [0.1, 0.15) is 0 Å². The lowest BCUT2D eigenvalue weighted by Gasteiger charge is -2.06. The first kappa shape index (κ1) is 22.8. The maximum absolute atomic E-state index is 11.9. The number of carbonyl (C=O) groups is 1. The third-order valence-electron chi connectivity index (χ3n) is 5.01. The molecule has 0 saturated heterocycles. The van der Waals surface area contributed by atoms with Crippen LogP contribution in [0.15, 0.2) is 97.1 Å². The quantitative estimate of drug-likeness (QED) is 0.355. The molecule has 0 atom stereocenters. The van der Waals surface area contributed by atoms with Crippen molar-refractivity contribution in [2.24, 2.45) is 0 Å². The van der Waals surface area contributed by atoms with E-state index in [0.717, 1.165) is 22.6 Å². The lowest BCUT2D eigenvalue weighted by atomic mass is 10.1. The monoisotopic (exact) mass is 422 g/mol. The molecule has 32 heavy (non-hydrogen) atoms. The minimum absolute atomic E-state index is 0.0751. The summed E-state index contributed by atoms with van der Waals surface area (Å²) in [5, 5.41) is 6.22. The minimum Gasteiger partial charge on any atom is -0.356 e. The highest BCUT2D eigenvalue weighted by Crippen LogP contribution is 2.17. The number of anilines is 3. The van der Waals surface area contributed by atoms with E-state index in [1.54, 1.807) is 0 Å². The van der Waals surface area contributed by atoms with Crippen LogP contribution in [-0.4, -0.2) is 5.91 Å². The maximum Gasteiger partial charge on any atom is 0.255 e. The zero-order valence-corrected chi connectivity index (χ0v) is 19.1. The van der Waals surface area contributed by atoms with Crippen LogP contribution in [0.2, 0.25) is 0 Å². The Morgan fingerprint density at radius 3 is 1.16 bits per heavy atom. The normalized spacial score (nSPS) is 10.0. The van der Waals surface area contributed by atoms with Crippen LogP contribution in [0.25, 0.3) is 0 Å². The van der Waals surface area contributed by atoms with E-state index >= 15 is 0 Å². The molecule has 3 nitrogen and oxygen atoms in total. The average Bonchev–Trinajstić information content (AvgIpc) is 2.79. The molecule has 0 heterocycles. The molecule has 0 aliphatic heterocycles. The molecule has 0 aromatic heterocycles. The summed E-state index contributed by atoms with van der Waals surface area (Å²) in [4.78, 5) is 11.9. The molecule has 0 aliphatic carbocycles. The van der Waals surface area contributed by atoms with E-state index < -0.39 is 0 Å².